The van der Waals surface area contributed by atoms with Crippen molar-refractivity contribution in [3.63, 3.8) is 0 Å². The van der Waals surface area contributed by atoms with Crippen LogP contribution in [0, 0.1) is 0 Å². The SMILES string of the molecule is Cn1nc(C(=O)Nc2cc(C(=O)O)ccc2O)ccc1=O. The number of aromatic nitrogens is 2. The van der Waals surface area contributed by atoms with Crippen molar-refractivity contribution in [2.24, 2.45) is 7.05 Å². The van der Waals surface area contributed by atoms with Crippen LogP contribution in [-0.2, 0) is 7.05 Å². The fraction of sp³-hybridized carbons (Fsp3) is 0.0769. The van der Waals surface area contributed by atoms with E-state index in [0.717, 1.165) is 16.8 Å². The minimum Gasteiger partial charge on any atom is -0.506 e. The van der Waals surface area contributed by atoms with Crippen LogP contribution in [0.3, 0.4) is 0 Å². The van der Waals surface area contributed by atoms with Crippen LogP contribution >= 0.6 is 0 Å². The molecule has 0 saturated heterocycles. The predicted molar refractivity (Wildman–Crippen MR) is 72.5 cm³/mol. The van der Waals surface area contributed by atoms with Gasteiger partial charge in [0, 0.05) is 13.1 Å². The number of phenolic OH excluding ortho intramolecular Hbond substituents is 1. The fourth-order valence-corrected chi connectivity index (χ4v) is 1.58. The summed E-state index contributed by atoms with van der Waals surface area (Å²) in [5, 5.41) is 24.6. The Morgan fingerprint density at radius 2 is 1.95 bits per heavy atom. The highest BCUT2D eigenvalue weighted by molar-refractivity contribution is 6.04. The maximum absolute atomic E-state index is 12.0. The smallest absolute Gasteiger partial charge is 0.335 e. The second-order valence-electron chi connectivity index (χ2n) is 4.17. The summed E-state index contributed by atoms with van der Waals surface area (Å²) in [7, 11) is 1.39. The second kappa shape index (κ2) is 5.45. The molecule has 1 aromatic carbocycles. The van der Waals surface area contributed by atoms with Gasteiger partial charge in [0.15, 0.2) is 0 Å². The van der Waals surface area contributed by atoms with Crippen LogP contribution in [0.2, 0.25) is 0 Å². The standard InChI is InChI=1S/C13H11N3O5/c1-16-11(18)5-3-8(15-16)12(19)14-9-6-7(13(20)21)2-4-10(9)17/h2-6,17H,1H3,(H,14,19)(H,20,21). The number of benzene rings is 1. The lowest BCUT2D eigenvalue weighted by Crippen LogP contribution is -2.23. The highest BCUT2D eigenvalue weighted by atomic mass is 16.4. The number of phenols is 1. The lowest BCUT2D eigenvalue weighted by Gasteiger charge is -2.08. The number of amides is 1. The van der Waals surface area contributed by atoms with Gasteiger partial charge in [-0.05, 0) is 24.3 Å². The molecule has 0 radical (unpaired) electrons. The van der Waals surface area contributed by atoms with Gasteiger partial charge in [0.05, 0.1) is 11.3 Å². The lowest BCUT2D eigenvalue weighted by molar-refractivity contribution is 0.0696. The van der Waals surface area contributed by atoms with Crippen LogP contribution < -0.4 is 10.9 Å². The zero-order valence-electron chi connectivity index (χ0n) is 10.9. The van der Waals surface area contributed by atoms with Crippen molar-refractivity contribution >= 4 is 17.6 Å². The molecule has 2 aromatic rings. The maximum Gasteiger partial charge on any atom is 0.335 e. The largest absolute Gasteiger partial charge is 0.506 e. The second-order valence-corrected chi connectivity index (χ2v) is 4.17. The summed E-state index contributed by atoms with van der Waals surface area (Å²) < 4.78 is 0.989. The minimum atomic E-state index is -1.19. The molecule has 0 unspecified atom stereocenters. The zero-order chi connectivity index (χ0) is 15.6. The highest BCUT2D eigenvalue weighted by Gasteiger charge is 2.13. The van der Waals surface area contributed by atoms with Crippen molar-refractivity contribution in [2.75, 3.05) is 5.32 Å². The number of rotatable bonds is 3. The topological polar surface area (TPSA) is 122 Å². The van der Waals surface area contributed by atoms with Gasteiger partial charge in [-0.2, -0.15) is 5.10 Å². The third-order valence-corrected chi connectivity index (χ3v) is 2.68. The summed E-state index contributed by atoms with van der Waals surface area (Å²) in [5.41, 5.74) is -0.563. The molecule has 0 atom stereocenters. The summed E-state index contributed by atoms with van der Waals surface area (Å²) in [6.07, 6.45) is 0. The summed E-state index contributed by atoms with van der Waals surface area (Å²) in [5.74, 6) is -2.15. The maximum atomic E-state index is 12.0. The molecule has 1 aromatic heterocycles. The molecule has 1 amide bonds. The van der Waals surface area contributed by atoms with Gasteiger partial charge in [0.1, 0.15) is 11.4 Å². The molecule has 8 heteroatoms. The Balaban J connectivity index is 2.30. The summed E-state index contributed by atoms with van der Waals surface area (Å²) >= 11 is 0. The monoisotopic (exact) mass is 289 g/mol. The number of carboxylic acids is 1. The van der Waals surface area contributed by atoms with E-state index in [4.69, 9.17) is 5.11 Å². The number of carbonyl (C=O) groups is 2. The van der Waals surface area contributed by atoms with Crippen molar-refractivity contribution in [1.82, 2.24) is 9.78 Å². The van der Waals surface area contributed by atoms with E-state index in [-0.39, 0.29) is 28.3 Å². The number of aromatic carboxylic acids is 1. The molecule has 0 aliphatic rings. The van der Waals surface area contributed by atoms with E-state index in [0.29, 0.717) is 0 Å². The van der Waals surface area contributed by atoms with E-state index < -0.39 is 11.9 Å². The molecule has 0 fully saturated rings. The Kier molecular flexibility index (Phi) is 3.70. The van der Waals surface area contributed by atoms with Crippen molar-refractivity contribution in [2.45, 2.75) is 0 Å². The predicted octanol–water partition coefficient (Wildman–Crippen LogP) is 0.436. The molecular formula is C13H11N3O5. The molecule has 0 aliphatic carbocycles. The van der Waals surface area contributed by atoms with Gasteiger partial charge in [0.25, 0.3) is 11.5 Å². The number of hydrogen-bond donors (Lipinski definition) is 3. The molecule has 3 N–H and O–H groups in total. The molecule has 0 aliphatic heterocycles. The van der Waals surface area contributed by atoms with Gasteiger partial charge in [-0.3, -0.25) is 9.59 Å². The molecule has 0 bridgehead atoms. The molecule has 21 heavy (non-hydrogen) atoms. The molecule has 0 saturated carbocycles. The average molecular weight is 289 g/mol. The third kappa shape index (κ3) is 3.06. The van der Waals surface area contributed by atoms with Crippen LogP contribution in [0.15, 0.2) is 35.1 Å². The van der Waals surface area contributed by atoms with Crippen LogP contribution in [-0.4, -0.2) is 31.9 Å². The quantitative estimate of drug-likeness (QED) is 0.705. The number of nitrogens with one attached hydrogen (secondary N) is 1. The fourth-order valence-electron chi connectivity index (χ4n) is 1.58. The number of anilines is 1. The number of carbonyl (C=O) groups excluding carboxylic acids is 1. The lowest BCUT2D eigenvalue weighted by atomic mass is 10.2. The Morgan fingerprint density at radius 3 is 2.57 bits per heavy atom. The van der Waals surface area contributed by atoms with Gasteiger partial charge in [-0.1, -0.05) is 0 Å². The van der Waals surface area contributed by atoms with Crippen molar-refractivity contribution in [3.8, 4) is 5.75 Å². The van der Waals surface area contributed by atoms with Gasteiger partial charge in [-0.25, -0.2) is 9.48 Å². The van der Waals surface area contributed by atoms with Crippen molar-refractivity contribution in [1.29, 1.82) is 0 Å². The normalized spacial score (nSPS) is 10.1. The average Bonchev–Trinajstić information content (AvgIpc) is 2.43. The van der Waals surface area contributed by atoms with Crippen LogP contribution in [0.1, 0.15) is 20.8 Å². The molecule has 108 valence electrons. The van der Waals surface area contributed by atoms with Crippen molar-refractivity contribution in [3.05, 3.63) is 51.9 Å². The van der Waals surface area contributed by atoms with Gasteiger partial charge >= 0.3 is 5.97 Å². The van der Waals surface area contributed by atoms with E-state index in [9.17, 15) is 19.5 Å². The molecule has 8 nitrogen and oxygen atoms in total. The number of hydrogen-bond acceptors (Lipinski definition) is 5. The first-order valence-corrected chi connectivity index (χ1v) is 5.80. The molecule has 0 spiro atoms. The molecule has 2 rings (SSSR count). The Morgan fingerprint density at radius 1 is 1.24 bits per heavy atom. The number of nitrogens with zero attached hydrogens (tertiary/aromatic N) is 2. The van der Waals surface area contributed by atoms with Crippen molar-refractivity contribution < 1.29 is 19.8 Å². The van der Waals surface area contributed by atoms with Gasteiger partial charge < -0.3 is 15.5 Å². The Labute approximate surface area is 118 Å². The highest BCUT2D eigenvalue weighted by Crippen LogP contribution is 2.24. The first kappa shape index (κ1) is 14.3. The summed E-state index contributed by atoms with van der Waals surface area (Å²) in [6.45, 7) is 0. The first-order valence-electron chi connectivity index (χ1n) is 5.80. The number of aryl methyl sites for hydroxylation is 1. The van der Waals surface area contributed by atoms with Gasteiger partial charge in [0.2, 0.25) is 0 Å². The Bertz CT molecular complexity index is 782. The summed E-state index contributed by atoms with van der Waals surface area (Å²) in [4.78, 5) is 34.0. The van der Waals surface area contributed by atoms with Crippen LogP contribution in [0.25, 0.3) is 0 Å². The molecular weight excluding hydrogens is 278 g/mol. The number of carboxylic acid groups (broad SMARTS) is 1. The Hall–Kier alpha value is -3.16. The van der Waals surface area contributed by atoms with E-state index in [1.807, 2.05) is 0 Å². The van der Waals surface area contributed by atoms with Gasteiger partial charge in [-0.15, -0.1) is 0 Å². The zero-order valence-corrected chi connectivity index (χ0v) is 10.9. The van der Waals surface area contributed by atoms with E-state index in [1.165, 1.54) is 25.2 Å². The van der Waals surface area contributed by atoms with Crippen LogP contribution in [0.4, 0.5) is 5.69 Å². The summed E-state index contributed by atoms with van der Waals surface area (Å²) in [6, 6.07) is 5.90. The molecule has 1 heterocycles. The van der Waals surface area contributed by atoms with E-state index in [2.05, 4.69) is 10.4 Å². The van der Waals surface area contributed by atoms with E-state index in [1.54, 1.807) is 0 Å². The third-order valence-electron chi connectivity index (χ3n) is 2.68. The van der Waals surface area contributed by atoms with E-state index >= 15 is 0 Å². The number of aromatic hydroxyl groups is 1. The van der Waals surface area contributed by atoms with Crippen LogP contribution in [0.5, 0.6) is 5.75 Å². The minimum absolute atomic E-state index is 0.0442. The first-order chi connectivity index (χ1) is 9.88.